The molecule has 7 heteroatoms. The smallest absolute Gasteiger partial charge is 0.349 e. The van der Waals surface area contributed by atoms with Crippen LogP contribution in [0.15, 0.2) is 44.0 Å². The molecular weight excluding hydrogens is 226 g/mol. The maximum absolute atomic E-state index is 11.3. The number of rotatable bonds is 0. The summed E-state index contributed by atoms with van der Waals surface area (Å²) < 4.78 is 11.3. The Hall–Kier alpha value is -1.73. The molecule has 0 saturated heterocycles. The van der Waals surface area contributed by atoms with E-state index < -0.39 is 11.2 Å². The van der Waals surface area contributed by atoms with Crippen LogP contribution in [0.4, 0.5) is 0 Å². The zero-order valence-corrected chi connectivity index (χ0v) is 9.18. The number of guanidine groups is 2. The van der Waals surface area contributed by atoms with E-state index in [0.717, 1.165) is 5.70 Å². The Morgan fingerprint density at radius 1 is 1.31 bits per heavy atom. The van der Waals surface area contributed by atoms with Crippen LogP contribution >= 0.6 is 0 Å². The van der Waals surface area contributed by atoms with Crippen molar-refractivity contribution in [2.75, 3.05) is 6.26 Å². The fraction of sp³-hybridized carbons (Fsp3) is 0.111. The average Bonchev–Trinajstić information content (AvgIpc) is 2.29. The van der Waals surface area contributed by atoms with Crippen LogP contribution in [0.25, 0.3) is 0 Å². The molecule has 0 aromatic rings. The largest absolute Gasteiger partial charge is 0.609 e. The summed E-state index contributed by atoms with van der Waals surface area (Å²) >= 11 is -1.24. The standard InChI is InChI=1S/C9H7N5OS/c1-16(15)9-12-7-10-4-2-6-3-5-11-8(13-9)14(6)7/h2-5H,1H3. The molecule has 3 heterocycles. The monoisotopic (exact) mass is 233 g/mol. The van der Waals surface area contributed by atoms with Gasteiger partial charge in [-0.1, -0.05) is 0 Å². The predicted molar refractivity (Wildman–Crippen MR) is 63.9 cm³/mol. The lowest BCUT2D eigenvalue weighted by Gasteiger charge is -2.29. The van der Waals surface area contributed by atoms with Gasteiger partial charge in [-0.25, -0.2) is 14.9 Å². The van der Waals surface area contributed by atoms with E-state index in [4.69, 9.17) is 0 Å². The second kappa shape index (κ2) is 3.39. The minimum Gasteiger partial charge on any atom is -0.609 e. The van der Waals surface area contributed by atoms with Crippen LogP contribution in [0.1, 0.15) is 0 Å². The molecule has 6 nitrogen and oxygen atoms in total. The highest BCUT2D eigenvalue weighted by Crippen LogP contribution is 2.21. The van der Waals surface area contributed by atoms with Crippen molar-refractivity contribution in [1.29, 1.82) is 0 Å². The summed E-state index contributed by atoms with van der Waals surface area (Å²) in [5, 5.41) is 0.249. The number of aliphatic imine (C=N–C) groups is 4. The lowest BCUT2D eigenvalue weighted by atomic mass is 10.3. The Bertz CT molecular complexity index is 524. The predicted octanol–water partition coefficient (Wildman–Crippen LogP) is 0.244. The van der Waals surface area contributed by atoms with Crippen LogP contribution < -0.4 is 0 Å². The molecule has 0 bridgehead atoms. The van der Waals surface area contributed by atoms with Crippen LogP contribution in [0.5, 0.6) is 0 Å². The molecular formula is C9H7N5OS. The zero-order chi connectivity index (χ0) is 11.1. The highest BCUT2D eigenvalue weighted by molar-refractivity contribution is 8.05. The zero-order valence-electron chi connectivity index (χ0n) is 8.36. The molecule has 0 fully saturated rings. The number of allylic oxidation sites excluding steroid dienone is 2. The van der Waals surface area contributed by atoms with Gasteiger partial charge >= 0.3 is 5.17 Å². The van der Waals surface area contributed by atoms with E-state index in [-0.39, 0.29) is 5.17 Å². The van der Waals surface area contributed by atoms with Gasteiger partial charge in [0.2, 0.25) is 11.9 Å². The van der Waals surface area contributed by atoms with Gasteiger partial charge in [0.15, 0.2) is 0 Å². The molecule has 0 aliphatic carbocycles. The van der Waals surface area contributed by atoms with Crippen molar-refractivity contribution in [1.82, 2.24) is 4.90 Å². The first-order chi connectivity index (χ1) is 7.75. The van der Waals surface area contributed by atoms with Crippen LogP contribution in [0, 0.1) is 0 Å². The molecule has 80 valence electrons. The van der Waals surface area contributed by atoms with Gasteiger partial charge < -0.3 is 4.55 Å². The van der Waals surface area contributed by atoms with Crippen molar-refractivity contribution < 1.29 is 4.55 Å². The Kier molecular flexibility index (Phi) is 2.01. The van der Waals surface area contributed by atoms with Crippen molar-refractivity contribution in [3.05, 3.63) is 24.0 Å². The third kappa shape index (κ3) is 1.33. The summed E-state index contributed by atoms with van der Waals surface area (Å²) in [4.78, 5) is 18.2. The molecule has 0 amide bonds. The molecule has 0 N–H and O–H groups in total. The fourth-order valence-corrected chi connectivity index (χ4v) is 1.90. The van der Waals surface area contributed by atoms with Gasteiger partial charge in [-0.15, -0.1) is 9.98 Å². The van der Waals surface area contributed by atoms with Crippen LogP contribution in [-0.4, -0.2) is 39.0 Å². The van der Waals surface area contributed by atoms with Gasteiger partial charge in [0.1, 0.15) is 6.26 Å². The molecule has 16 heavy (non-hydrogen) atoms. The first-order valence-electron chi connectivity index (χ1n) is 4.55. The Balaban J connectivity index is 2.14. The highest BCUT2D eigenvalue weighted by Gasteiger charge is 2.31. The maximum Gasteiger partial charge on any atom is 0.349 e. The topological polar surface area (TPSA) is 75.7 Å². The van der Waals surface area contributed by atoms with Crippen LogP contribution in [0.3, 0.4) is 0 Å². The summed E-state index contributed by atoms with van der Waals surface area (Å²) in [7, 11) is 0. The van der Waals surface area contributed by atoms with Crippen LogP contribution in [0.2, 0.25) is 0 Å². The van der Waals surface area contributed by atoms with E-state index in [1.807, 2.05) is 12.2 Å². The van der Waals surface area contributed by atoms with Crippen molar-refractivity contribution >= 4 is 34.5 Å². The number of hydrogen-bond donors (Lipinski definition) is 0. The van der Waals surface area contributed by atoms with E-state index in [9.17, 15) is 4.55 Å². The van der Waals surface area contributed by atoms with Gasteiger partial charge in [-0.2, -0.15) is 0 Å². The van der Waals surface area contributed by atoms with E-state index in [1.54, 1.807) is 17.3 Å². The summed E-state index contributed by atoms with van der Waals surface area (Å²) in [5.74, 6) is 0.918. The lowest BCUT2D eigenvalue weighted by Crippen LogP contribution is -2.41. The van der Waals surface area contributed by atoms with E-state index >= 15 is 0 Å². The first-order valence-corrected chi connectivity index (χ1v) is 6.11. The van der Waals surface area contributed by atoms with Crippen molar-refractivity contribution in [3.8, 4) is 0 Å². The molecule has 3 rings (SSSR count). The van der Waals surface area contributed by atoms with Crippen molar-refractivity contribution in [2.24, 2.45) is 20.0 Å². The summed E-state index contributed by atoms with van der Waals surface area (Å²) in [6.45, 7) is 0. The third-order valence-corrected chi connectivity index (χ3v) is 2.87. The van der Waals surface area contributed by atoms with E-state index in [2.05, 4.69) is 20.0 Å². The summed E-state index contributed by atoms with van der Waals surface area (Å²) in [5.41, 5.74) is 0.906. The van der Waals surface area contributed by atoms with Gasteiger partial charge in [-0.3, -0.25) is 0 Å². The molecule has 1 atom stereocenters. The number of amidine groups is 1. The van der Waals surface area contributed by atoms with Gasteiger partial charge in [0, 0.05) is 23.6 Å². The Labute approximate surface area is 94.7 Å². The van der Waals surface area contributed by atoms with Crippen molar-refractivity contribution in [3.63, 3.8) is 0 Å². The number of nitrogens with zero attached hydrogens (tertiary/aromatic N) is 5. The quantitative estimate of drug-likeness (QED) is 0.562. The first kappa shape index (κ1) is 9.49. The average molecular weight is 233 g/mol. The maximum atomic E-state index is 11.3. The molecule has 0 radical (unpaired) electrons. The Morgan fingerprint density at radius 3 is 3.00 bits per heavy atom. The molecule has 3 aliphatic heterocycles. The molecule has 1 unspecified atom stereocenters. The van der Waals surface area contributed by atoms with Gasteiger partial charge in [0.25, 0.3) is 0 Å². The molecule has 0 spiro atoms. The van der Waals surface area contributed by atoms with E-state index in [0.29, 0.717) is 11.9 Å². The normalized spacial score (nSPS) is 23.0. The summed E-state index contributed by atoms with van der Waals surface area (Å²) in [6.07, 6.45) is 8.52. The highest BCUT2D eigenvalue weighted by atomic mass is 32.2. The van der Waals surface area contributed by atoms with Gasteiger partial charge in [-0.05, 0) is 12.2 Å². The molecule has 0 aromatic heterocycles. The lowest BCUT2D eigenvalue weighted by molar-refractivity contribution is 0.610. The minimum absolute atomic E-state index is 0.249. The van der Waals surface area contributed by atoms with E-state index in [1.165, 1.54) is 6.26 Å². The third-order valence-electron chi connectivity index (χ3n) is 2.18. The second-order valence-corrected chi connectivity index (χ2v) is 4.48. The minimum atomic E-state index is -1.24. The molecule has 0 aromatic carbocycles. The van der Waals surface area contributed by atoms with Crippen molar-refractivity contribution in [2.45, 2.75) is 0 Å². The summed E-state index contributed by atoms with van der Waals surface area (Å²) in [6, 6.07) is 0. The number of hydrogen-bond acceptors (Lipinski definition) is 6. The molecule has 0 saturated carbocycles. The molecule has 3 aliphatic rings. The van der Waals surface area contributed by atoms with Crippen LogP contribution in [-0.2, 0) is 11.2 Å². The fourth-order valence-electron chi connectivity index (χ4n) is 1.48. The Morgan fingerprint density at radius 2 is 2.19 bits per heavy atom. The second-order valence-electron chi connectivity index (χ2n) is 3.21. The van der Waals surface area contributed by atoms with Gasteiger partial charge in [0.05, 0.1) is 5.70 Å². The SMILES string of the molecule is C[S+]([O-])C1=NC2=NC=CC3=CC=NC(=N1)N32.